The molecule has 2 aromatic rings. The number of carbonyl (C=O) groups is 2. The van der Waals surface area contributed by atoms with E-state index in [1.807, 2.05) is 6.92 Å². The Morgan fingerprint density at radius 3 is 2.27 bits per heavy atom. The minimum atomic E-state index is -0.967. The normalized spacial score (nSPS) is 17.9. The molecule has 0 aliphatic heterocycles. The Hall–Kier alpha value is -3.13. The topological polar surface area (TPSA) is 85.3 Å². The van der Waals surface area contributed by atoms with Gasteiger partial charge in [0.2, 0.25) is 0 Å². The van der Waals surface area contributed by atoms with Gasteiger partial charge >= 0.3 is 12.1 Å². The fourth-order valence-electron chi connectivity index (χ4n) is 3.96. The SMILES string of the molecule is CCOc1ccc(N(C(=O)OCC2CCC(COCC(=O)O)CC2)c2cccc(F)c2)cc1. The molecule has 0 saturated heterocycles. The summed E-state index contributed by atoms with van der Waals surface area (Å²) in [7, 11) is 0. The Morgan fingerprint density at radius 2 is 1.67 bits per heavy atom. The first-order valence-corrected chi connectivity index (χ1v) is 11.2. The predicted molar refractivity (Wildman–Crippen MR) is 121 cm³/mol. The number of carboxylic acid groups (broad SMARTS) is 1. The van der Waals surface area contributed by atoms with E-state index in [-0.39, 0.29) is 19.1 Å². The smallest absolute Gasteiger partial charge is 0.418 e. The number of nitrogens with zero attached hydrogens (tertiary/aromatic N) is 1. The van der Waals surface area contributed by atoms with Gasteiger partial charge < -0.3 is 19.3 Å². The lowest BCUT2D eigenvalue weighted by Gasteiger charge is -2.29. The van der Waals surface area contributed by atoms with Gasteiger partial charge in [0, 0.05) is 0 Å². The van der Waals surface area contributed by atoms with Gasteiger partial charge in [0.25, 0.3) is 0 Å². The highest BCUT2D eigenvalue weighted by molar-refractivity contribution is 5.96. The third-order valence-electron chi connectivity index (χ3n) is 5.64. The van der Waals surface area contributed by atoms with Crippen molar-refractivity contribution >= 4 is 23.4 Å². The maximum atomic E-state index is 13.9. The van der Waals surface area contributed by atoms with Crippen molar-refractivity contribution < 1.29 is 33.3 Å². The Labute approximate surface area is 193 Å². The van der Waals surface area contributed by atoms with Crippen molar-refractivity contribution in [1.29, 1.82) is 0 Å². The Morgan fingerprint density at radius 1 is 1.00 bits per heavy atom. The number of carboxylic acids is 1. The van der Waals surface area contributed by atoms with Gasteiger partial charge in [-0.25, -0.2) is 18.9 Å². The summed E-state index contributed by atoms with van der Waals surface area (Å²) < 4.78 is 30.2. The molecule has 1 aliphatic rings. The molecule has 2 aromatic carbocycles. The average molecular weight is 460 g/mol. The lowest BCUT2D eigenvalue weighted by atomic mass is 9.83. The molecule has 178 valence electrons. The van der Waals surface area contributed by atoms with Crippen LogP contribution in [0.3, 0.4) is 0 Å². The van der Waals surface area contributed by atoms with E-state index in [9.17, 15) is 14.0 Å². The minimum absolute atomic E-state index is 0.222. The second kappa shape index (κ2) is 12.2. The molecule has 0 radical (unpaired) electrons. The number of anilines is 2. The van der Waals surface area contributed by atoms with Crippen LogP contribution in [0.5, 0.6) is 5.75 Å². The van der Waals surface area contributed by atoms with Crippen LogP contribution >= 0.6 is 0 Å². The van der Waals surface area contributed by atoms with Crippen LogP contribution in [-0.4, -0.2) is 43.6 Å². The zero-order chi connectivity index (χ0) is 23.6. The summed E-state index contributed by atoms with van der Waals surface area (Å²) >= 11 is 0. The molecular weight excluding hydrogens is 429 g/mol. The molecule has 0 atom stereocenters. The fraction of sp³-hybridized carbons (Fsp3) is 0.440. The summed E-state index contributed by atoms with van der Waals surface area (Å²) in [5, 5.41) is 8.66. The second-order valence-electron chi connectivity index (χ2n) is 8.11. The summed E-state index contributed by atoms with van der Waals surface area (Å²) in [4.78, 5) is 25.0. The Balaban J connectivity index is 1.60. The van der Waals surface area contributed by atoms with Crippen LogP contribution in [-0.2, 0) is 14.3 Å². The Bertz CT molecular complexity index is 911. The number of hydrogen-bond acceptors (Lipinski definition) is 5. The van der Waals surface area contributed by atoms with Gasteiger partial charge in [-0.3, -0.25) is 0 Å². The molecule has 0 aromatic heterocycles. The quantitative estimate of drug-likeness (QED) is 0.512. The second-order valence-corrected chi connectivity index (χ2v) is 8.11. The van der Waals surface area contributed by atoms with Crippen molar-refractivity contribution in [3.05, 3.63) is 54.3 Å². The van der Waals surface area contributed by atoms with E-state index in [1.165, 1.54) is 17.0 Å². The number of aliphatic carboxylic acids is 1. The first kappa shape index (κ1) is 24.5. The van der Waals surface area contributed by atoms with Crippen molar-refractivity contribution in [2.75, 3.05) is 31.3 Å². The van der Waals surface area contributed by atoms with E-state index in [1.54, 1.807) is 36.4 Å². The van der Waals surface area contributed by atoms with Crippen LogP contribution in [0.25, 0.3) is 0 Å². The van der Waals surface area contributed by atoms with E-state index >= 15 is 0 Å². The molecule has 0 unspecified atom stereocenters. The summed E-state index contributed by atoms with van der Waals surface area (Å²) in [5.41, 5.74) is 0.928. The van der Waals surface area contributed by atoms with Crippen LogP contribution in [0.15, 0.2) is 48.5 Å². The van der Waals surface area contributed by atoms with Crippen molar-refractivity contribution in [1.82, 2.24) is 0 Å². The number of benzene rings is 2. The first-order chi connectivity index (χ1) is 16.0. The van der Waals surface area contributed by atoms with Gasteiger partial charge in [0.05, 0.1) is 31.2 Å². The molecular formula is C25H30FNO6. The highest BCUT2D eigenvalue weighted by Gasteiger charge is 2.25. The van der Waals surface area contributed by atoms with Crippen LogP contribution in [0, 0.1) is 17.7 Å². The largest absolute Gasteiger partial charge is 0.494 e. The number of halogens is 1. The van der Waals surface area contributed by atoms with E-state index < -0.39 is 17.9 Å². The molecule has 7 nitrogen and oxygen atoms in total. The number of ether oxygens (including phenoxy) is 3. The van der Waals surface area contributed by atoms with Gasteiger partial charge in [0.15, 0.2) is 0 Å². The minimum Gasteiger partial charge on any atom is -0.494 e. The van der Waals surface area contributed by atoms with Crippen LogP contribution in [0.1, 0.15) is 32.6 Å². The predicted octanol–water partition coefficient (Wildman–Crippen LogP) is 5.41. The van der Waals surface area contributed by atoms with Gasteiger partial charge in [-0.1, -0.05) is 6.07 Å². The molecule has 1 amide bonds. The highest BCUT2D eigenvalue weighted by Crippen LogP contribution is 2.31. The molecule has 0 bridgehead atoms. The maximum absolute atomic E-state index is 13.9. The Kier molecular flexibility index (Phi) is 9.06. The molecule has 8 heteroatoms. The fourth-order valence-corrected chi connectivity index (χ4v) is 3.96. The van der Waals surface area contributed by atoms with Crippen LogP contribution < -0.4 is 9.64 Å². The monoisotopic (exact) mass is 459 g/mol. The summed E-state index contributed by atoms with van der Waals surface area (Å²) in [6, 6.07) is 12.8. The molecule has 1 aliphatic carbocycles. The van der Waals surface area contributed by atoms with E-state index in [2.05, 4.69) is 0 Å². The number of amides is 1. The first-order valence-electron chi connectivity index (χ1n) is 11.2. The van der Waals surface area contributed by atoms with Gasteiger partial charge in [-0.2, -0.15) is 0 Å². The van der Waals surface area contributed by atoms with Crippen LogP contribution in [0.2, 0.25) is 0 Å². The molecule has 0 spiro atoms. The number of rotatable bonds is 10. The maximum Gasteiger partial charge on any atom is 0.418 e. The van der Waals surface area contributed by atoms with E-state index in [0.29, 0.717) is 36.3 Å². The van der Waals surface area contributed by atoms with Crippen LogP contribution in [0.4, 0.5) is 20.6 Å². The molecule has 1 saturated carbocycles. The van der Waals surface area contributed by atoms with Gasteiger partial charge in [-0.05, 0) is 86.9 Å². The van der Waals surface area contributed by atoms with Gasteiger partial charge in [-0.15, -0.1) is 0 Å². The summed E-state index contributed by atoms with van der Waals surface area (Å²) in [5.74, 6) is -0.188. The third kappa shape index (κ3) is 7.46. The van der Waals surface area contributed by atoms with Crippen molar-refractivity contribution in [3.8, 4) is 5.75 Å². The third-order valence-corrected chi connectivity index (χ3v) is 5.64. The van der Waals surface area contributed by atoms with Crippen molar-refractivity contribution in [2.45, 2.75) is 32.6 Å². The van der Waals surface area contributed by atoms with Crippen molar-refractivity contribution in [3.63, 3.8) is 0 Å². The molecule has 33 heavy (non-hydrogen) atoms. The zero-order valence-corrected chi connectivity index (χ0v) is 18.7. The molecule has 1 N–H and O–H groups in total. The molecule has 0 heterocycles. The van der Waals surface area contributed by atoms with E-state index in [0.717, 1.165) is 25.7 Å². The summed E-state index contributed by atoms with van der Waals surface area (Å²) in [6.07, 6.45) is 2.97. The number of hydrogen-bond donors (Lipinski definition) is 1. The standard InChI is InChI=1S/C25H30FNO6/c1-2-32-23-12-10-21(11-13-23)27(22-5-3-4-20(26)14-22)25(30)33-16-19-8-6-18(7-9-19)15-31-17-24(28)29/h3-5,10-14,18-19H,2,6-9,15-17H2,1H3,(H,28,29). The summed E-state index contributed by atoms with van der Waals surface area (Å²) in [6.45, 7) is 2.84. The molecule has 1 fully saturated rings. The average Bonchev–Trinajstić information content (AvgIpc) is 2.80. The lowest BCUT2D eigenvalue weighted by Crippen LogP contribution is -2.30. The molecule has 3 rings (SSSR count). The lowest BCUT2D eigenvalue weighted by molar-refractivity contribution is -0.142. The van der Waals surface area contributed by atoms with Crippen molar-refractivity contribution in [2.24, 2.45) is 11.8 Å². The van der Waals surface area contributed by atoms with E-state index in [4.69, 9.17) is 19.3 Å². The van der Waals surface area contributed by atoms with Gasteiger partial charge in [0.1, 0.15) is 18.2 Å². The zero-order valence-electron chi connectivity index (χ0n) is 18.7. The number of carbonyl (C=O) groups excluding carboxylic acids is 1. The highest BCUT2D eigenvalue weighted by atomic mass is 19.1.